The molecule has 0 aromatic heterocycles. The summed E-state index contributed by atoms with van der Waals surface area (Å²) in [6, 6.07) is 21.3. The van der Waals surface area contributed by atoms with Crippen LogP contribution in [-0.2, 0) is 0 Å². The molecule has 1 atom stereocenters. The van der Waals surface area contributed by atoms with Gasteiger partial charge in [0, 0.05) is 16.7 Å². The van der Waals surface area contributed by atoms with Crippen LogP contribution in [0.25, 0.3) is 0 Å². The Hall–Kier alpha value is -3.95. The van der Waals surface area contributed by atoms with E-state index in [0.29, 0.717) is 34.4 Å². The molecule has 0 radical (unpaired) electrons. The first-order valence-electron chi connectivity index (χ1n) is 11.3. The second-order valence-electron chi connectivity index (χ2n) is 8.63. The fourth-order valence-corrected chi connectivity index (χ4v) is 4.01. The lowest BCUT2D eigenvalue weighted by atomic mass is 9.83. The molecule has 3 aromatic carbocycles. The Kier molecular flexibility index (Phi) is 7.28. The summed E-state index contributed by atoms with van der Waals surface area (Å²) in [5.41, 5.74) is 8.34. The Morgan fingerprint density at radius 3 is 2.66 bits per heavy atom. The van der Waals surface area contributed by atoms with Crippen LogP contribution in [0.2, 0.25) is 5.02 Å². The maximum Gasteiger partial charge on any atom is 0.343 e. The number of rotatable bonds is 7. The van der Waals surface area contributed by atoms with Gasteiger partial charge in [-0.05, 0) is 54.3 Å². The zero-order valence-electron chi connectivity index (χ0n) is 19.5. The van der Waals surface area contributed by atoms with E-state index in [9.17, 15) is 10.1 Å². The molecule has 6 nitrogen and oxygen atoms in total. The zero-order valence-corrected chi connectivity index (χ0v) is 20.2. The van der Waals surface area contributed by atoms with Gasteiger partial charge in [0.25, 0.3) is 0 Å². The molecule has 3 aromatic rings. The largest absolute Gasteiger partial charge is 0.494 e. The summed E-state index contributed by atoms with van der Waals surface area (Å²) in [7, 11) is 0. The summed E-state index contributed by atoms with van der Waals surface area (Å²) < 4.78 is 17.2. The predicted molar refractivity (Wildman–Crippen MR) is 134 cm³/mol. The number of halogens is 1. The maximum atomic E-state index is 12.5. The van der Waals surface area contributed by atoms with Gasteiger partial charge < -0.3 is 19.9 Å². The highest BCUT2D eigenvalue weighted by atomic mass is 35.5. The number of ether oxygens (including phenoxy) is 3. The number of carbonyl (C=O) groups is 1. The second-order valence-corrected chi connectivity index (χ2v) is 9.06. The van der Waals surface area contributed by atoms with Gasteiger partial charge in [-0.25, -0.2) is 4.79 Å². The first-order valence-corrected chi connectivity index (χ1v) is 11.7. The van der Waals surface area contributed by atoms with Crippen LogP contribution in [0.1, 0.15) is 47.7 Å². The van der Waals surface area contributed by atoms with Gasteiger partial charge >= 0.3 is 5.97 Å². The van der Waals surface area contributed by atoms with Crippen molar-refractivity contribution in [2.45, 2.75) is 26.2 Å². The van der Waals surface area contributed by atoms with E-state index >= 15 is 0 Å². The van der Waals surface area contributed by atoms with Gasteiger partial charge in [-0.15, -0.1) is 0 Å². The van der Waals surface area contributed by atoms with Crippen LogP contribution in [0.4, 0.5) is 0 Å². The van der Waals surface area contributed by atoms with Crippen molar-refractivity contribution in [3.8, 4) is 23.3 Å². The quantitative estimate of drug-likeness (QED) is 0.314. The van der Waals surface area contributed by atoms with Crippen LogP contribution in [0.15, 0.2) is 78.2 Å². The van der Waals surface area contributed by atoms with Gasteiger partial charge in [0.05, 0.1) is 18.1 Å². The number of carbonyl (C=O) groups excluding carboxylic acids is 1. The molecular formula is C28H25ClN2O4. The van der Waals surface area contributed by atoms with Gasteiger partial charge in [0.2, 0.25) is 5.88 Å². The molecule has 1 heterocycles. The Morgan fingerprint density at radius 1 is 1.11 bits per heavy atom. The van der Waals surface area contributed by atoms with E-state index in [1.807, 2.05) is 24.3 Å². The number of nitrogens with two attached hydrogens (primary N) is 1. The predicted octanol–water partition coefficient (Wildman–Crippen LogP) is 6.20. The van der Waals surface area contributed by atoms with Crippen molar-refractivity contribution >= 4 is 17.6 Å². The molecule has 1 aliphatic rings. The Morgan fingerprint density at radius 2 is 1.91 bits per heavy atom. The average molecular weight is 489 g/mol. The highest BCUT2D eigenvalue weighted by Gasteiger charge is 2.31. The molecule has 178 valence electrons. The van der Waals surface area contributed by atoms with Crippen molar-refractivity contribution in [3.05, 3.63) is 99.9 Å². The number of hydrogen-bond acceptors (Lipinski definition) is 6. The van der Waals surface area contributed by atoms with Crippen molar-refractivity contribution in [1.82, 2.24) is 0 Å². The molecule has 0 aliphatic carbocycles. The summed E-state index contributed by atoms with van der Waals surface area (Å²) in [6.07, 6.45) is 0.942. The molecule has 0 saturated heterocycles. The number of fused-ring (bicyclic) bond motifs is 1. The van der Waals surface area contributed by atoms with Gasteiger partial charge in [0.1, 0.15) is 28.9 Å². The average Bonchev–Trinajstić information content (AvgIpc) is 2.83. The summed E-state index contributed by atoms with van der Waals surface area (Å²) in [5.74, 6) is 0.965. The third-order valence-electron chi connectivity index (χ3n) is 5.62. The van der Waals surface area contributed by atoms with Gasteiger partial charge in [-0.1, -0.05) is 49.7 Å². The number of nitrogens with zero attached hydrogens (tertiary/aromatic N) is 1. The topological polar surface area (TPSA) is 94.6 Å². The smallest absolute Gasteiger partial charge is 0.343 e. The molecule has 2 N–H and O–H groups in total. The fraction of sp³-hybridized carbons (Fsp3) is 0.214. The number of nitriles is 1. The van der Waals surface area contributed by atoms with Gasteiger partial charge in [-0.3, -0.25) is 0 Å². The highest BCUT2D eigenvalue weighted by molar-refractivity contribution is 6.30. The van der Waals surface area contributed by atoms with E-state index in [1.165, 1.54) is 6.07 Å². The van der Waals surface area contributed by atoms with Crippen LogP contribution in [-0.4, -0.2) is 12.6 Å². The lowest BCUT2D eigenvalue weighted by Gasteiger charge is -2.27. The van der Waals surface area contributed by atoms with E-state index in [4.69, 9.17) is 31.5 Å². The third-order valence-corrected chi connectivity index (χ3v) is 5.85. The normalized spacial score (nSPS) is 14.7. The van der Waals surface area contributed by atoms with Crippen LogP contribution < -0.4 is 19.9 Å². The number of benzene rings is 3. The van der Waals surface area contributed by atoms with Crippen LogP contribution in [0.5, 0.6) is 17.2 Å². The summed E-state index contributed by atoms with van der Waals surface area (Å²) in [4.78, 5) is 12.5. The molecule has 7 heteroatoms. The third kappa shape index (κ3) is 5.59. The number of allylic oxidation sites excluding steroid dienone is 1. The minimum absolute atomic E-state index is 0.00875. The molecule has 0 fully saturated rings. The van der Waals surface area contributed by atoms with Crippen molar-refractivity contribution in [1.29, 1.82) is 5.26 Å². The van der Waals surface area contributed by atoms with E-state index in [2.05, 4.69) is 19.9 Å². The van der Waals surface area contributed by atoms with Crippen molar-refractivity contribution in [2.24, 2.45) is 11.7 Å². The number of hydrogen-bond donors (Lipinski definition) is 1. The van der Waals surface area contributed by atoms with E-state index in [-0.39, 0.29) is 11.6 Å². The fourth-order valence-electron chi connectivity index (χ4n) is 3.82. The van der Waals surface area contributed by atoms with Gasteiger partial charge in [-0.2, -0.15) is 5.26 Å². The summed E-state index contributed by atoms with van der Waals surface area (Å²) >= 11 is 5.98. The minimum atomic E-state index is -0.549. The molecule has 0 saturated carbocycles. The molecule has 0 bridgehead atoms. The molecular weight excluding hydrogens is 464 g/mol. The molecule has 4 rings (SSSR count). The van der Waals surface area contributed by atoms with E-state index < -0.39 is 11.9 Å². The second kappa shape index (κ2) is 10.5. The van der Waals surface area contributed by atoms with Crippen LogP contribution in [0.3, 0.4) is 0 Å². The standard InChI is InChI=1S/C28H25ClN2O4/c1-17(2)11-12-33-21-8-4-5-18(14-21)26-23-10-9-22(15-25(23)35-27(31)24(26)16-30)34-28(32)19-6-3-7-20(29)13-19/h3-10,13-15,17,26H,11-12,31H2,1-2H3. The molecule has 0 amide bonds. The Balaban J connectivity index is 1.63. The first-order chi connectivity index (χ1) is 16.9. The van der Waals surface area contributed by atoms with Gasteiger partial charge in [0.15, 0.2) is 0 Å². The van der Waals surface area contributed by atoms with Crippen molar-refractivity contribution in [2.75, 3.05) is 6.61 Å². The maximum absolute atomic E-state index is 12.5. The van der Waals surface area contributed by atoms with Crippen molar-refractivity contribution < 1.29 is 19.0 Å². The lowest BCUT2D eigenvalue weighted by Crippen LogP contribution is -2.21. The monoisotopic (exact) mass is 488 g/mol. The molecule has 35 heavy (non-hydrogen) atoms. The molecule has 1 unspecified atom stereocenters. The van der Waals surface area contributed by atoms with Crippen LogP contribution in [0, 0.1) is 17.2 Å². The van der Waals surface area contributed by atoms with E-state index in [0.717, 1.165) is 23.3 Å². The Labute approximate surface area is 209 Å². The molecule has 0 spiro atoms. The summed E-state index contributed by atoms with van der Waals surface area (Å²) in [5, 5.41) is 10.3. The lowest BCUT2D eigenvalue weighted by molar-refractivity contribution is 0.0734. The molecule has 1 aliphatic heterocycles. The zero-order chi connectivity index (χ0) is 24.9. The van der Waals surface area contributed by atoms with Crippen molar-refractivity contribution in [3.63, 3.8) is 0 Å². The highest BCUT2D eigenvalue weighted by Crippen LogP contribution is 2.44. The number of esters is 1. The first kappa shape index (κ1) is 24.2. The summed E-state index contributed by atoms with van der Waals surface area (Å²) in [6.45, 7) is 4.90. The van der Waals surface area contributed by atoms with E-state index in [1.54, 1.807) is 36.4 Å². The minimum Gasteiger partial charge on any atom is -0.494 e. The Bertz CT molecular complexity index is 1330. The van der Waals surface area contributed by atoms with Crippen LogP contribution >= 0.6 is 11.6 Å². The SMILES string of the molecule is CC(C)CCOc1cccc(C2C(C#N)=C(N)Oc3cc(OC(=O)c4cccc(Cl)c4)ccc32)c1.